The van der Waals surface area contributed by atoms with Crippen LogP contribution in [-0.4, -0.2) is 33.1 Å². The summed E-state index contributed by atoms with van der Waals surface area (Å²) in [7, 11) is 0. The third-order valence-corrected chi connectivity index (χ3v) is 17.2. The van der Waals surface area contributed by atoms with Crippen LogP contribution in [0.2, 0.25) is 0 Å². The Kier molecular flexibility index (Phi) is 8.91. The monoisotopic (exact) mass is 956 g/mol. The summed E-state index contributed by atoms with van der Waals surface area (Å²) in [5.41, 5.74) is 16.0. The minimum Gasteiger partial charge on any atom is -0.486 e. The quantitative estimate of drug-likeness (QED) is 0.164. The number of benzene rings is 9. The van der Waals surface area contributed by atoms with Gasteiger partial charge < -0.3 is 28.7 Å². The summed E-state index contributed by atoms with van der Waals surface area (Å²) in [6.45, 7) is 8.87. The molecule has 0 spiro atoms. The van der Waals surface area contributed by atoms with Crippen LogP contribution in [0.1, 0.15) is 26.3 Å². The molecule has 0 saturated heterocycles. The van der Waals surface area contributed by atoms with Crippen molar-refractivity contribution in [2.75, 3.05) is 36.2 Å². The molecule has 0 unspecified atom stereocenters. The lowest BCUT2D eigenvalue weighted by atomic mass is 9.33. The van der Waals surface area contributed by atoms with Crippen LogP contribution in [0.4, 0.5) is 34.1 Å². The first-order valence-corrected chi connectivity index (χ1v) is 26.1. The summed E-state index contributed by atoms with van der Waals surface area (Å²) in [6.07, 6.45) is 0. The second kappa shape index (κ2) is 15.4. The third-order valence-electron chi connectivity index (χ3n) is 14.9. The predicted molar refractivity (Wildman–Crippen MR) is 298 cm³/mol. The number of hydrogen-bond donors (Lipinski definition) is 0. The smallest absolute Gasteiger partial charge is 0.252 e. The fourth-order valence-electron chi connectivity index (χ4n) is 11.5. The molecule has 2 aromatic heterocycles. The topological polar surface area (TPSA) is 43.4 Å². The van der Waals surface area contributed by atoms with Crippen LogP contribution in [0, 0.1) is 0 Å². The first kappa shape index (κ1) is 41.1. The van der Waals surface area contributed by atoms with Gasteiger partial charge in [0.2, 0.25) is 0 Å². The standard InChI is InChI=1S/C62H45BN2O4S2/c1-62(2,3)40-31-51-61-52(32-40)65(42-18-22-53-54(33-42)67-24-23-66-53)50-35-56-55(68-25-26-69-56)34-48(50)63(61)47-21-17-37(39-16-20-46-44-12-5-7-14-58(44)71-60(46)30-39)28-49(47)64(51)41-10-8-9-36(27-41)38-15-19-45-43-11-4-6-13-57(43)70-59(45)29-38/h4-22,27-35H,23-26H2,1-3H3. The summed E-state index contributed by atoms with van der Waals surface area (Å²) in [5.74, 6) is 3.03. The average Bonchev–Trinajstić information content (AvgIpc) is 3.97. The van der Waals surface area contributed by atoms with Crippen LogP contribution < -0.4 is 45.1 Å². The van der Waals surface area contributed by atoms with Crippen LogP contribution in [0.5, 0.6) is 23.0 Å². The van der Waals surface area contributed by atoms with Gasteiger partial charge in [-0.15, -0.1) is 22.7 Å². The van der Waals surface area contributed by atoms with E-state index >= 15 is 0 Å². The highest BCUT2D eigenvalue weighted by molar-refractivity contribution is 7.26. The highest BCUT2D eigenvalue weighted by atomic mass is 32.1. The lowest BCUT2D eigenvalue weighted by Gasteiger charge is -2.45. The molecule has 4 aliphatic heterocycles. The minimum atomic E-state index is -0.193. The molecule has 0 atom stereocenters. The van der Waals surface area contributed by atoms with Crippen molar-refractivity contribution in [2.24, 2.45) is 0 Å². The molecule has 0 fully saturated rings. The van der Waals surface area contributed by atoms with Crippen LogP contribution in [-0.2, 0) is 5.41 Å². The van der Waals surface area contributed by atoms with E-state index in [1.165, 1.54) is 79.1 Å². The number of nitrogens with zero attached hydrogens (tertiary/aromatic N) is 2. The lowest BCUT2D eigenvalue weighted by Crippen LogP contribution is -2.61. The highest BCUT2D eigenvalue weighted by Gasteiger charge is 2.45. The van der Waals surface area contributed by atoms with Crippen molar-refractivity contribution < 1.29 is 18.9 Å². The highest BCUT2D eigenvalue weighted by Crippen LogP contribution is 2.50. The molecule has 0 bridgehead atoms. The number of thiophene rings is 2. The van der Waals surface area contributed by atoms with E-state index in [1.54, 1.807) is 0 Å². The SMILES string of the molecule is CC(C)(C)c1cc2c3c(c1)N(c1ccc4c(c1)OCCO4)c1cc4c(cc1B3c1ccc(-c3ccc5c(c3)sc3ccccc35)cc1N2c1cccc(-c2ccc3c(c2)sc2ccccc23)c1)OCCO4. The van der Waals surface area contributed by atoms with Crippen LogP contribution in [0.25, 0.3) is 62.6 Å². The molecule has 0 aliphatic carbocycles. The fraction of sp³-hybridized carbons (Fsp3) is 0.129. The van der Waals surface area contributed by atoms with Crippen molar-refractivity contribution in [3.63, 3.8) is 0 Å². The molecular formula is C62H45BN2O4S2. The van der Waals surface area contributed by atoms with Crippen molar-refractivity contribution in [1.82, 2.24) is 0 Å². The van der Waals surface area contributed by atoms with E-state index in [0.717, 1.165) is 62.6 Å². The normalized spacial score (nSPS) is 14.5. The summed E-state index contributed by atoms with van der Waals surface area (Å²) in [6, 6.07) is 63.5. The molecular weight excluding hydrogens is 912 g/mol. The van der Waals surface area contributed by atoms with E-state index in [2.05, 4.69) is 200 Å². The molecule has 0 saturated carbocycles. The predicted octanol–water partition coefficient (Wildman–Crippen LogP) is 14.7. The van der Waals surface area contributed by atoms with E-state index in [0.29, 0.717) is 26.4 Å². The maximum atomic E-state index is 6.42. The Morgan fingerprint density at radius 1 is 0.394 bits per heavy atom. The van der Waals surface area contributed by atoms with E-state index in [9.17, 15) is 0 Å². The van der Waals surface area contributed by atoms with Crippen molar-refractivity contribution in [1.29, 1.82) is 0 Å². The van der Waals surface area contributed by atoms with Gasteiger partial charge >= 0.3 is 0 Å². The Morgan fingerprint density at radius 2 is 0.915 bits per heavy atom. The maximum Gasteiger partial charge on any atom is 0.252 e. The molecule has 15 rings (SSSR count). The first-order chi connectivity index (χ1) is 34.8. The van der Waals surface area contributed by atoms with Crippen molar-refractivity contribution in [2.45, 2.75) is 26.2 Å². The lowest BCUT2D eigenvalue weighted by molar-refractivity contribution is 0.171. The number of fused-ring (bicyclic) bond motifs is 12. The van der Waals surface area contributed by atoms with Gasteiger partial charge in [-0.2, -0.15) is 0 Å². The average molecular weight is 957 g/mol. The molecule has 0 amide bonds. The van der Waals surface area contributed by atoms with Crippen LogP contribution in [0.3, 0.4) is 0 Å². The number of ether oxygens (including phenoxy) is 4. The van der Waals surface area contributed by atoms with Gasteiger partial charge in [-0.25, -0.2) is 0 Å². The summed E-state index contributed by atoms with van der Waals surface area (Å²) < 4.78 is 30.3. The molecule has 71 heavy (non-hydrogen) atoms. The maximum absolute atomic E-state index is 6.42. The van der Waals surface area contributed by atoms with Crippen LogP contribution >= 0.6 is 22.7 Å². The van der Waals surface area contributed by atoms with E-state index in [4.69, 9.17) is 18.9 Å². The zero-order valence-corrected chi connectivity index (χ0v) is 41.0. The molecule has 6 nitrogen and oxygen atoms in total. The molecule has 6 heterocycles. The Labute approximate surface area is 419 Å². The Balaban J connectivity index is 0.993. The largest absolute Gasteiger partial charge is 0.486 e. The van der Waals surface area contributed by atoms with Crippen molar-refractivity contribution in [3.8, 4) is 45.3 Å². The van der Waals surface area contributed by atoms with Gasteiger partial charge in [0.1, 0.15) is 26.4 Å². The van der Waals surface area contributed by atoms with Gasteiger partial charge in [0, 0.05) is 80.9 Å². The number of anilines is 6. The zero-order chi connectivity index (χ0) is 47.1. The van der Waals surface area contributed by atoms with Gasteiger partial charge in [0.05, 0.1) is 5.69 Å². The second-order valence-corrected chi connectivity index (χ2v) is 22.3. The Bertz CT molecular complexity index is 4060. The zero-order valence-electron chi connectivity index (χ0n) is 39.4. The minimum absolute atomic E-state index is 0.128. The molecule has 9 aromatic carbocycles. The summed E-state index contributed by atoms with van der Waals surface area (Å²) in [4.78, 5) is 4.97. The Morgan fingerprint density at radius 3 is 1.56 bits per heavy atom. The molecule has 0 N–H and O–H groups in total. The summed E-state index contributed by atoms with van der Waals surface area (Å²) >= 11 is 3.73. The second-order valence-electron chi connectivity index (χ2n) is 20.1. The van der Waals surface area contributed by atoms with E-state index < -0.39 is 0 Å². The first-order valence-electron chi connectivity index (χ1n) is 24.5. The van der Waals surface area contributed by atoms with Crippen molar-refractivity contribution >= 4 is 120 Å². The number of rotatable bonds is 4. The third kappa shape index (κ3) is 6.39. The van der Waals surface area contributed by atoms with Gasteiger partial charge in [0.15, 0.2) is 23.0 Å². The molecule has 11 aromatic rings. The Hall–Kier alpha value is -7.72. The van der Waals surface area contributed by atoms with Gasteiger partial charge in [-0.3, -0.25) is 0 Å². The molecule has 342 valence electrons. The van der Waals surface area contributed by atoms with Gasteiger partial charge in [-0.1, -0.05) is 106 Å². The van der Waals surface area contributed by atoms with E-state index in [1.807, 2.05) is 22.7 Å². The summed E-state index contributed by atoms with van der Waals surface area (Å²) in [5, 5.41) is 5.22. The molecule has 0 radical (unpaired) electrons. The molecule has 4 aliphatic rings. The number of hydrogen-bond acceptors (Lipinski definition) is 8. The van der Waals surface area contributed by atoms with Crippen molar-refractivity contribution in [3.05, 3.63) is 175 Å². The van der Waals surface area contributed by atoms with Gasteiger partial charge in [0.25, 0.3) is 6.71 Å². The molecule has 9 heteroatoms. The van der Waals surface area contributed by atoms with E-state index in [-0.39, 0.29) is 12.1 Å². The van der Waals surface area contributed by atoms with Gasteiger partial charge in [-0.05, 0) is 122 Å². The fourth-order valence-corrected chi connectivity index (χ4v) is 13.8. The van der Waals surface area contributed by atoms with Crippen LogP contribution in [0.15, 0.2) is 170 Å².